The number of hydrogen-bond donors (Lipinski definition) is 1. The van der Waals surface area contributed by atoms with Crippen LogP contribution in [0.15, 0.2) is 0 Å². The topological polar surface area (TPSA) is 12.0 Å². The second-order valence-corrected chi connectivity index (χ2v) is 6.50. The van der Waals surface area contributed by atoms with Crippen molar-refractivity contribution in [2.24, 2.45) is 17.3 Å². The molecular weight excluding hydrogens is 194 g/mol. The smallest absolute Gasteiger partial charge is 0.00976 e. The van der Waals surface area contributed by atoms with Crippen molar-refractivity contribution in [2.75, 3.05) is 6.54 Å². The standard InChI is InChI=1S/C15H31N/c1-6-8-14(16-7-2)13-9-10-15(4,5)11-12(13)3/h12-14,16H,6-11H2,1-5H3. The van der Waals surface area contributed by atoms with Crippen molar-refractivity contribution in [3.8, 4) is 0 Å². The lowest BCUT2D eigenvalue weighted by Gasteiger charge is -2.43. The Morgan fingerprint density at radius 3 is 2.50 bits per heavy atom. The monoisotopic (exact) mass is 225 g/mol. The highest BCUT2D eigenvalue weighted by molar-refractivity contribution is 4.88. The summed E-state index contributed by atoms with van der Waals surface area (Å²) >= 11 is 0. The van der Waals surface area contributed by atoms with E-state index in [2.05, 4.69) is 39.9 Å². The first-order chi connectivity index (χ1) is 7.50. The first-order valence-electron chi connectivity index (χ1n) is 7.23. The fourth-order valence-electron chi connectivity index (χ4n) is 3.61. The van der Waals surface area contributed by atoms with Gasteiger partial charge in [0.1, 0.15) is 0 Å². The lowest BCUT2D eigenvalue weighted by Crippen LogP contribution is -2.42. The van der Waals surface area contributed by atoms with E-state index < -0.39 is 0 Å². The zero-order chi connectivity index (χ0) is 12.2. The van der Waals surface area contributed by atoms with Crippen LogP contribution in [0.1, 0.15) is 66.7 Å². The molecule has 1 rings (SSSR count). The maximum Gasteiger partial charge on any atom is 0.00976 e. The molecule has 0 aromatic heterocycles. The third kappa shape index (κ3) is 3.76. The first-order valence-corrected chi connectivity index (χ1v) is 7.23. The fourth-order valence-corrected chi connectivity index (χ4v) is 3.61. The summed E-state index contributed by atoms with van der Waals surface area (Å²) in [5, 5.41) is 3.71. The van der Waals surface area contributed by atoms with E-state index in [-0.39, 0.29) is 0 Å². The summed E-state index contributed by atoms with van der Waals surface area (Å²) in [6.45, 7) is 13.0. The van der Waals surface area contributed by atoms with E-state index in [4.69, 9.17) is 0 Å². The van der Waals surface area contributed by atoms with Gasteiger partial charge >= 0.3 is 0 Å². The van der Waals surface area contributed by atoms with Crippen LogP contribution in [0.5, 0.6) is 0 Å². The van der Waals surface area contributed by atoms with Gasteiger partial charge in [0.15, 0.2) is 0 Å². The van der Waals surface area contributed by atoms with Gasteiger partial charge in [-0.3, -0.25) is 0 Å². The minimum absolute atomic E-state index is 0.582. The molecule has 1 fully saturated rings. The molecule has 0 spiro atoms. The third-order valence-corrected chi connectivity index (χ3v) is 4.34. The normalized spacial score (nSPS) is 31.3. The van der Waals surface area contributed by atoms with Gasteiger partial charge in [0, 0.05) is 6.04 Å². The van der Waals surface area contributed by atoms with Crippen molar-refractivity contribution >= 4 is 0 Å². The summed E-state index contributed by atoms with van der Waals surface area (Å²) in [5.41, 5.74) is 0.582. The fraction of sp³-hybridized carbons (Fsp3) is 1.00. The highest BCUT2D eigenvalue weighted by Crippen LogP contribution is 2.43. The summed E-state index contributed by atoms with van der Waals surface area (Å²) in [4.78, 5) is 0. The molecule has 3 unspecified atom stereocenters. The molecule has 0 saturated heterocycles. The zero-order valence-electron chi connectivity index (χ0n) is 12.0. The van der Waals surface area contributed by atoms with Crippen molar-refractivity contribution in [2.45, 2.75) is 72.8 Å². The summed E-state index contributed by atoms with van der Waals surface area (Å²) in [6, 6.07) is 0.765. The summed E-state index contributed by atoms with van der Waals surface area (Å²) in [6.07, 6.45) is 6.90. The van der Waals surface area contributed by atoms with Crippen LogP contribution >= 0.6 is 0 Å². The van der Waals surface area contributed by atoms with Crippen molar-refractivity contribution in [3.63, 3.8) is 0 Å². The highest BCUT2D eigenvalue weighted by Gasteiger charge is 2.35. The molecule has 1 aliphatic carbocycles. The van der Waals surface area contributed by atoms with Crippen LogP contribution in [0.3, 0.4) is 0 Å². The molecule has 0 aliphatic heterocycles. The maximum absolute atomic E-state index is 3.71. The van der Waals surface area contributed by atoms with Crippen LogP contribution in [0.25, 0.3) is 0 Å². The molecular formula is C15H31N. The Kier molecular flexibility index (Phi) is 5.30. The Bertz CT molecular complexity index is 192. The van der Waals surface area contributed by atoms with Crippen LogP contribution in [-0.2, 0) is 0 Å². The van der Waals surface area contributed by atoms with Crippen LogP contribution in [0.4, 0.5) is 0 Å². The molecule has 0 aromatic carbocycles. The van der Waals surface area contributed by atoms with E-state index in [1.165, 1.54) is 32.1 Å². The molecule has 1 heteroatoms. The summed E-state index contributed by atoms with van der Waals surface area (Å²) < 4.78 is 0. The molecule has 1 saturated carbocycles. The molecule has 3 atom stereocenters. The Balaban J connectivity index is 2.57. The predicted octanol–water partition coefficient (Wildman–Crippen LogP) is 4.23. The Labute approximate surface area is 102 Å². The highest BCUT2D eigenvalue weighted by atomic mass is 14.9. The molecule has 0 heterocycles. The average molecular weight is 225 g/mol. The second-order valence-electron chi connectivity index (χ2n) is 6.50. The molecule has 16 heavy (non-hydrogen) atoms. The molecule has 0 aromatic rings. The maximum atomic E-state index is 3.71. The average Bonchev–Trinajstić information content (AvgIpc) is 2.16. The van der Waals surface area contributed by atoms with Crippen LogP contribution in [0, 0.1) is 17.3 Å². The second kappa shape index (κ2) is 6.05. The van der Waals surface area contributed by atoms with Crippen LogP contribution in [-0.4, -0.2) is 12.6 Å². The lowest BCUT2D eigenvalue weighted by atomic mass is 9.65. The van der Waals surface area contributed by atoms with Gasteiger partial charge in [-0.2, -0.15) is 0 Å². The lowest BCUT2D eigenvalue weighted by molar-refractivity contribution is 0.0988. The predicted molar refractivity (Wildman–Crippen MR) is 72.7 cm³/mol. The number of hydrogen-bond acceptors (Lipinski definition) is 1. The van der Waals surface area contributed by atoms with Crippen molar-refractivity contribution < 1.29 is 0 Å². The van der Waals surface area contributed by atoms with Gasteiger partial charge in [0.05, 0.1) is 0 Å². The first kappa shape index (κ1) is 14.0. The SMILES string of the molecule is CCCC(NCC)C1CCC(C)(C)CC1C. The van der Waals surface area contributed by atoms with E-state index in [0.717, 1.165) is 24.4 Å². The molecule has 1 nitrogen and oxygen atoms in total. The third-order valence-electron chi connectivity index (χ3n) is 4.34. The van der Waals surface area contributed by atoms with E-state index in [0.29, 0.717) is 5.41 Å². The molecule has 0 bridgehead atoms. The summed E-state index contributed by atoms with van der Waals surface area (Å²) in [5.74, 6) is 1.80. The Morgan fingerprint density at radius 2 is 2.00 bits per heavy atom. The molecule has 0 radical (unpaired) electrons. The molecule has 1 aliphatic rings. The molecule has 1 N–H and O–H groups in total. The van der Waals surface area contributed by atoms with Gasteiger partial charge in [0.2, 0.25) is 0 Å². The largest absolute Gasteiger partial charge is 0.314 e. The van der Waals surface area contributed by atoms with E-state index >= 15 is 0 Å². The summed E-state index contributed by atoms with van der Waals surface area (Å²) in [7, 11) is 0. The number of nitrogens with one attached hydrogen (secondary N) is 1. The molecule has 0 amide bonds. The minimum Gasteiger partial charge on any atom is -0.314 e. The van der Waals surface area contributed by atoms with Gasteiger partial charge in [-0.25, -0.2) is 0 Å². The van der Waals surface area contributed by atoms with Gasteiger partial charge < -0.3 is 5.32 Å². The zero-order valence-corrected chi connectivity index (χ0v) is 12.0. The quantitative estimate of drug-likeness (QED) is 0.738. The van der Waals surface area contributed by atoms with Gasteiger partial charge in [-0.1, -0.05) is 41.0 Å². The van der Waals surface area contributed by atoms with Gasteiger partial charge in [-0.15, -0.1) is 0 Å². The van der Waals surface area contributed by atoms with Crippen LogP contribution in [0.2, 0.25) is 0 Å². The van der Waals surface area contributed by atoms with Gasteiger partial charge in [0.25, 0.3) is 0 Å². The van der Waals surface area contributed by atoms with Crippen molar-refractivity contribution in [1.29, 1.82) is 0 Å². The van der Waals surface area contributed by atoms with E-state index in [1.807, 2.05) is 0 Å². The van der Waals surface area contributed by atoms with Crippen molar-refractivity contribution in [1.82, 2.24) is 5.32 Å². The Morgan fingerprint density at radius 1 is 1.31 bits per heavy atom. The van der Waals surface area contributed by atoms with Gasteiger partial charge in [-0.05, 0) is 49.5 Å². The number of rotatable bonds is 5. The van der Waals surface area contributed by atoms with E-state index in [9.17, 15) is 0 Å². The minimum atomic E-state index is 0.582. The van der Waals surface area contributed by atoms with E-state index in [1.54, 1.807) is 0 Å². The Hall–Kier alpha value is -0.0400. The molecule has 96 valence electrons. The van der Waals surface area contributed by atoms with Crippen LogP contribution < -0.4 is 5.32 Å². The van der Waals surface area contributed by atoms with Crippen molar-refractivity contribution in [3.05, 3.63) is 0 Å².